The summed E-state index contributed by atoms with van der Waals surface area (Å²) in [5.74, 6) is 0.603. The highest BCUT2D eigenvalue weighted by Crippen LogP contribution is 2.19. The predicted molar refractivity (Wildman–Crippen MR) is 51.4 cm³/mol. The molecule has 0 aromatic carbocycles. The molecule has 76 valence electrons. The van der Waals surface area contributed by atoms with E-state index in [2.05, 4.69) is 19.2 Å². The summed E-state index contributed by atoms with van der Waals surface area (Å²) >= 11 is 0. The van der Waals surface area contributed by atoms with E-state index in [1.54, 1.807) is 6.92 Å². The first-order valence-electron chi connectivity index (χ1n) is 4.98. The second-order valence-corrected chi connectivity index (χ2v) is 4.08. The van der Waals surface area contributed by atoms with Gasteiger partial charge in [0.2, 0.25) is 5.91 Å². The molecule has 1 aliphatic heterocycles. The Morgan fingerprint density at radius 3 is 2.77 bits per heavy atom. The van der Waals surface area contributed by atoms with E-state index in [4.69, 9.17) is 4.74 Å². The molecular weight excluding hydrogens is 166 g/mol. The third-order valence-electron chi connectivity index (χ3n) is 2.47. The molecule has 1 fully saturated rings. The smallest absolute Gasteiger partial charge is 0.217 e. The van der Waals surface area contributed by atoms with Gasteiger partial charge in [-0.1, -0.05) is 13.8 Å². The minimum absolute atomic E-state index is 0.0643. The first-order valence-corrected chi connectivity index (χ1v) is 4.98. The van der Waals surface area contributed by atoms with Crippen LogP contribution in [0.25, 0.3) is 0 Å². The maximum absolute atomic E-state index is 10.8. The van der Waals surface area contributed by atoms with Gasteiger partial charge < -0.3 is 10.1 Å². The molecule has 0 spiro atoms. The third-order valence-corrected chi connectivity index (χ3v) is 2.47. The van der Waals surface area contributed by atoms with Crippen LogP contribution in [0, 0.1) is 5.92 Å². The quantitative estimate of drug-likeness (QED) is 0.704. The molecule has 1 saturated heterocycles. The van der Waals surface area contributed by atoms with E-state index in [1.165, 1.54) is 0 Å². The SMILES string of the molecule is CC(=O)NC1CCOC(C(C)C)C1. The molecule has 0 aromatic heterocycles. The fraction of sp³-hybridized carbons (Fsp3) is 0.900. The molecule has 0 aromatic rings. The van der Waals surface area contributed by atoms with Crippen LogP contribution in [-0.4, -0.2) is 24.7 Å². The van der Waals surface area contributed by atoms with Crippen molar-refractivity contribution in [1.82, 2.24) is 5.32 Å². The van der Waals surface area contributed by atoms with E-state index in [0.29, 0.717) is 18.1 Å². The highest BCUT2D eigenvalue weighted by atomic mass is 16.5. The van der Waals surface area contributed by atoms with E-state index >= 15 is 0 Å². The summed E-state index contributed by atoms with van der Waals surface area (Å²) in [6.07, 6.45) is 2.21. The van der Waals surface area contributed by atoms with Gasteiger partial charge in [0.05, 0.1) is 6.10 Å². The normalized spacial score (nSPS) is 28.9. The molecule has 0 bridgehead atoms. The Labute approximate surface area is 79.8 Å². The van der Waals surface area contributed by atoms with Crippen LogP contribution in [0.3, 0.4) is 0 Å². The van der Waals surface area contributed by atoms with Crippen LogP contribution in [0.2, 0.25) is 0 Å². The van der Waals surface area contributed by atoms with Crippen LogP contribution in [0.15, 0.2) is 0 Å². The molecule has 1 amide bonds. The Morgan fingerprint density at radius 1 is 1.54 bits per heavy atom. The van der Waals surface area contributed by atoms with Gasteiger partial charge in [-0.2, -0.15) is 0 Å². The molecule has 13 heavy (non-hydrogen) atoms. The van der Waals surface area contributed by atoms with Crippen molar-refractivity contribution in [2.24, 2.45) is 5.92 Å². The molecule has 3 heteroatoms. The first-order chi connectivity index (χ1) is 6.09. The summed E-state index contributed by atoms with van der Waals surface area (Å²) < 4.78 is 5.60. The number of carbonyl (C=O) groups is 1. The van der Waals surface area contributed by atoms with Crippen molar-refractivity contribution in [2.45, 2.75) is 45.8 Å². The largest absolute Gasteiger partial charge is 0.378 e. The fourth-order valence-corrected chi connectivity index (χ4v) is 1.71. The zero-order chi connectivity index (χ0) is 9.84. The Kier molecular flexibility index (Phi) is 3.72. The summed E-state index contributed by atoms with van der Waals surface area (Å²) in [5.41, 5.74) is 0. The van der Waals surface area contributed by atoms with Crippen molar-refractivity contribution in [3.05, 3.63) is 0 Å². The highest BCUT2D eigenvalue weighted by Gasteiger charge is 2.24. The molecule has 0 saturated carbocycles. The average Bonchev–Trinajstić information content (AvgIpc) is 2.03. The van der Waals surface area contributed by atoms with Crippen molar-refractivity contribution < 1.29 is 9.53 Å². The lowest BCUT2D eigenvalue weighted by atomic mass is 9.95. The number of amides is 1. The topological polar surface area (TPSA) is 38.3 Å². The van der Waals surface area contributed by atoms with E-state index < -0.39 is 0 Å². The second-order valence-electron chi connectivity index (χ2n) is 4.08. The first kappa shape index (κ1) is 10.5. The van der Waals surface area contributed by atoms with Gasteiger partial charge in [-0.25, -0.2) is 0 Å². The summed E-state index contributed by atoms with van der Waals surface area (Å²) in [7, 11) is 0. The lowest BCUT2D eigenvalue weighted by Gasteiger charge is -2.32. The van der Waals surface area contributed by atoms with E-state index in [1.807, 2.05) is 0 Å². The van der Waals surface area contributed by atoms with Gasteiger partial charge in [-0.3, -0.25) is 4.79 Å². The van der Waals surface area contributed by atoms with Gasteiger partial charge in [0.1, 0.15) is 0 Å². The monoisotopic (exact) mass is 185 g/mol. The van der Waals surface area contributed by atoms with E-state index in [9.17, 15) is 4.79 Å². The summed E-state index contributed by atoms with van der Waals surface area (Å²) in [5, 5.41) is 2.95. The van der Waals surface area contributed by atoms with Crippen molar-refractivity contribution in [3.8, 4) is 0 Å². The van der Waals surface area contributed by atoms with Crippen molar-refractivity contribution in [3.63, 3.8) is 0 Å². The molecule has 1 rings (SSSR count). The van der Waals surface area contributed by atoms with Gasteiger partial charge in [0, 0.05) is 19.6 Å². The van der Waals surface area contributed by atoms with Crippen LogP contribution in [0.4, 0.5) is 0 Å². The second kappa shape index (κ2) is 4.61. The van der Waals surface area contributed by atoms with E-state index in [-0.39, 0.29) is 5.91 Å². The predicted octanol–water partition coefficient (Wildman–Crippen LogP) is 1.33. The Balaban J connectivity index is 2.37. The lowest BCUT2D eigenvalue weighted by molar-refractivity contribution is -0.121. The van der Waals surface area contributed by atoms with Crippen molar-refractivity contribution in [2.75, 3.05) is 6.61 Å². The molecule has 3 nitrogen and oxygen atoms in total. The van der Waals surface area contributed by atoms with Crippen molar-refractivity contribution >= 4 is 5.91 Å². The number of nitrogens with one attached hydrogen (secondary N) is 1. The van der Waals surface area contributed by atoms with Crippen LogP contribution < -0.4 is 5.32 Å². The molecule has 1 N–H and O–H groups in total. The minimum Gasteiger partial charge on any atom is -0.378 e. The van der Waals surface area contributed by atoms with Gasteiger partial charge in [0.25, 0.3) is 0 Å². The molecule has 2 atom stereocenters. The molecular formula is C10H19NO2. The zero-order valence-electron chi connectivity index (χ0n) is 8.67. The standard InChI is InChI=1S/C10H19NO2/c1-7(2)10-6-9(4-5-13-10)11-8(3)12/h7,9-10H,4-6H2,1-3H3,(H,11,12). The summed E-state index contributed by atoms with van der Waals surface area (Å²) in [6, 6.07) is 0.318. The Bertz CT molecular complexity index is 180. The Hall–Kier alpha value is -0.570. The molecule has 0 aliphatic carbocycles. The van der Waals surface area contributed by atoms with Crippen LogP contribution in [0.5, 0.6) is 0 Å². The van der Waals surface area contributed by atoms with E-state index in [0.717, 1.165) is 19.4 Å². The number of hydrogen-bond acceptors (Lipinski definition) is 2. The average molecular weight is 185 g/mol. The maximum Gasteiger partial charge on any atom is 0.217 e. The molecule has 2 unspecified atom stereocenters. The molecule has 0 radical (unpaired) electrons. The number of ether oxygens (including phenoxy) is 1. The lowest BCUT2D eigenvalue weighted by Crippen LogP contribution is -2.42. The fourth-order valence-electron chi connectivity index (χ4n) is 1.71. The van der Waals surface area contributed by atoms with Crippen LogP contribution in [0.1, 0.15) is 33.6 Å². The third kappa shape index (κ3) is 3.35. The minimum atomic E-state index is 0.0643. The molecule has 1 heterocycles. The van der Waals surface area contributed by atoms with Gasteiger partial charge in [-0.15, -0.1) is 0 Å². The molecule has 1 aliphatic rings. The van der Waals surface area contributed by atoms with Crippen LogP contribution in [-0.2, 0) is 9.53 Å². The van der Waals surface area contributed by atoms with Gasteiger partial charge >= 0.3 is 0 Å². The Morgan fingerprint density at radius 2 is 2.23 bits per heavy atom. The summed E-state index contributed by atoms with van der Waals surface area (Å²) in [6.45, 7) is 6.65. The van der Waals surface area contributed by atoms with Crippen molar-refractivity contribution in [1.29, 1.82) is 0 Å². The van der Waals surface area contributed by atoms with Gasteiger partial charge in [0.15, 0.2) is 0 Å². The highest BCUT2D eigenvalue weighted by molar-refractivity contribution is 5.73. The number of rotatable bonds is 2. The number of hydrogen-bond donors (Lipinski definition) is 1. The maximum atomic E-state index is 10.8. The summed E-state index contributed by atoms with van der Waals surface area (Å²) in [4.78, 5) is 10.8. The number of carbonyl (C=O) groups excluding carboxylic acids is 1. The van der Waals surface area contributed by atoms with Crippen LogP contribution >= 0.6 is 0 Å². The zero-order valence-corrected chi connectivity index (χ0v) is 8.67. The van der Waals surface area contributed by atoms with Gasteiger partial charge in [-0.05, 0) is 18.8 Å².